The molecule has 296 valence electrons. The molecule has 8 nitrogen and oxygen atoms in total. The van der Waals surface area contributed by atoms with Gasteiger partial charge in [0, 0.05) is 23.8 Å². The van der Waals surface area contributed by atoms with E-state index >= 15 is 0 Å². The van der Waals surface area contributed by atoms with E-state index in [-0.39, 0.29) is 85.5 Å². The van der Waals surface area contributed by atoms with Gasteiger partial charge in [-0.05, 0) is 113 Å². The average molecular weight is 767 g/mol. The second-order valence-electron chi connectivity index (χ2n) is 17.1. The molecule has 0 unspecified atom stereocenters. The number of aliphatic hydroxyl groups is 4. The van der Waals surface area contributed by atoms with E-state index in [9.17, 15) is 40.2 Å². The molecule has 0 radical (unpaired) electrons. The summed E-state index contributed by atoms with van der Waals surface area (Å²) in [5.41, 5.74) is 3.01. The third kappa shape index (κ3) is 15.5. The zero-order valence-electron chi connectivity index (χ0n) is 33.4. The smallest absolute Gasteiger partial charge is 0.550 e. The predicted molar refractivity (Wildman–Crippen MR) is 208 cm³/mol. The summed E-state index contributed by atoms with van der Waals surface area (Å²) in [6, 6.07) is 0. The number of allylic oxidation sites excluding steroid dienone is 4. The second-order valence-corrected chi connectivity index (χ2v) is 17.1. The van der Waals surface area contributed by atoms with Crippen LogP contribution in [0.5, 0.6) is 0 Å². The molecule has 9 heteroatoms. The first-order chi connectivity index (χ1) is 24.7. The molecule has 4 aliphatic carbocycles. The van der Waals surface area contributed by atoms with E-state index in [4.69, 9.17) is 0 Å². The van der Waals surface area contributed by atoms with Crippen LogP contribution >= 0.6 is 0 Å². The molecule has 0 heterocycles. The number of rotatable bonds is 20. The van der Waals surface area contributed by atoms with Crippen molar-refractivity contribution in [2.45, 2.75) is 181 Å². The Morgan fingerprint density at radius 2 is 1.08 bits per heavy atom. The molecule has 4 fully saturated rings. The van der Waals surface area contributed by atoms with Gasteiger partial charge in [-0.2, -0.15) is 0 Å². The number of aliphatic carboxylic acids is 2. The summed E-state index contributed by atoms with van der Waals surface area (Å²) in [6.45, 7) is 8.83. The van der Waals surface area contributed by atoms with Crippen molar-refractivity contribution in [3.8, 4) is 0 Å². The molecule has 4 aliphatic rings. The molecule has 4 rings (SSSR count). The first-order valence-electron chi connectivity index (χ1n) is 20.6. The van der Waals surface area contributed by atoms with E-state index in [1.54, 1.807) is 0 Å². The number of hydrogen-bond donors (Lipinski definition) is 4. The fraction of sp³-hybridized carbons (Fsp3) is 0.773. The Labute approximate surface area is 350 Å². The fourth-order valence-electron chi connectivity index (χ4n) is 9.77. The molecular weight excluding hydrogens is 697 g/mol. The Morgan fingerprint density at radius 3 is 1.42 bits per heavy atom. The van der Waals surface area contributed by atoms with Gasteiger partial charge in [-0.1, -0.05) is 114 Å². The van der Waals surface area contributed by atoms with Crippen molar-refractivity contribution in [1.82, 2.24) is 0 Å². The Kier molecular flexibility index (Phi) is 21.7. The number of carboxylic acid groups (broad SMARTS) is 2. The molecule has 4 N–H and O–H groups in total. The average Bonchev–Trinajstić information content (AvgIpc) is 3.71. The van der Waals surface area contributed by atoms with Gasteiger partial charge in [-0.3, -0.25) is 0 Å². The molecular formula is C44H70CaO8. The maximum atomic E-state index is 10.5. The van der Waals surface area contributed by atoms with Crippen LogP contribution in [0, 0.1) is 34.5 Å². The summed E-state index contributed by atoms with van der Waals surface area (Å²) in [7, 11) is 0. The molecule has 4 saturated carbocycles. The van der Waals surface area contributed by atoms with Crippen molar-refractivity contribution in [3.05, 3.63) is 47.6 Å². The van der Waals surface area contributed by atoms with Crippen LogP contribution in [0.2, 0.25) is 0 Å². The van der Waals surface area contributed by atoms with Crippen LogP contribution < -0.4 is 10.2 Å². The minimum Gasteiger partial charge on any atom is -0.550 e. The van der Waals surface area contributed by atoms with Crippen molar-refractivity contribution in [1.29, 1.82) is 0 Å². The minimum absolute atomic E-state index is 0. The van der Waals surface area contributed by atoms with Gasteiger partial charge >= 0.3 is 37.7 Å². The van der Waals surface area contributed by atoms with Crippen LogP contribution in [0.15, 0.2) is 47.6 Å². The predicted octanol–water partition coefficient (Wildman–Crippen LogP) is 5.87. The Morgan fingerprint density at radius 1 is 0.698 bits per heavy atom. The van der Waals surface area contributed by atoms with E-state index in [0.717, 1.165) is 103 Å². The Hall–Kier alpha value is -1.00. The van der Waals surface area contributed by atoms with Crippen LogP contribution in [-0.2, 0) is 9.59 Å². The van der Waals surface area contributed by atoms with Crippen LogP contribution in [0.4, 0.5) is 0 Å². The quantitative estimate of drug-likeness (QED) is 0.0680. The SMILES string of the molecule is CCCCC[C@@H](O)/C=C/[C@@H]1[C@@H](O)C[C@@]2(C)C/C(=C\CCCC(=O)[O-])C[C@@H]12.CCCCC[C@@H](O)/C=C/[C@@H]1[C@@H](O)C[C@@]2(C)C/C(=C\CCCC(=O)[O-])C[C@@H]12.[Ca+2]. The normalized spacial score (nSPS) is 33.2. The van der Waals surface area contributed by atoms with Gasteiger partial charge in [0.15, 0.2) is 0 Å². The van der Waals surface area contributed by atoms with E-state index in [2.05, 4.69) is 52.0 Å². The van der Waals surface area contributed by atoms with Gasteiger partial charge in [-0.25, -0.2) is 0 Å². The van der Waals surface area contributed by atoms with Crippen LogP contribution in [0.1, 0.15) is 156 Å². The van der Waals surface area contributed by atoms with Crippen molar-refractivity contribution in [2.24, 2.45) is 34.5 Å². The van der Waals surface area contributed by atoms with E-state index < -0.39 is 24.1 Å². The number of hydrogen-bond acceptors (Lipinski definition) is 8. The number of carboxylic acids is 2. The molecule has 0 spiro atoms. The molecule has 0 aromatic carbocycles. The summed E-state index contributed by atoms with van der Waals surface area (Å²) in [6.07, 6.45) is 27.6. The third-order valence-electron chi connectivity index (χ3n) is 12.5. The van der Waals surface area contributed by atoms with Crippen LogP contribution in [0.3, 0.4) is 0 Å². The van der Waals surface area contributed by atoms with Crippen LogP contribution in [0.25, 0.3) is 0 Å². The number of fused-ring (bicyclic) bond motifs is 2. The third-order valence-corrected chi connectivity index (χ3v) is 12.5. The maximum absolute atomic E-state index is 10.5. The summed E-state index contributed by atoms with van der Waals surface area (Å²) in [5, 5.41) is 62.3. The molecule has 0 amide bonds. The minimum atomic E-state index is -0.982. The summed E-state index contributed by atoms with van der Waals surface area (Å²) in [5.74, 6) is -0.938. The first kappa shape index (κ1) is 48.1. The molecule has 0 saturated heterocycles. The fourth-order valence-corrected chi connectivity index (χ4v) is 9.77. The molecule has 0 aromatic rings. The topological polar surface area (TPSA) is 161 Å². The summed E-state index contributed by atoms with van der Waals surface area (Å²) in [4.78, 5) is 21.0. The van der Waals surface area contributed by atoms with Crippen molar-refractivity contribution >= 4 is 49.7 Å². The number of aliphatic hydroxyl groups excluding tert-OH is 4. The zero-order valence-corrected chi connectivity index (χ0v) is 35.6. The number of unbranched alkanes of at least 4 members (excludes halogenated alkanes) is 6. The molecule has 53 heavy (non-hydrogen) atoms. The van der Waals surface area contributed by atoms with Crippen LogP contribution in [-0.4, -0.2) is 94.5 Å². The zero-order chi connectivity index (χ0) is 38.3. The van der Waals surface area contributed by atoms with Gasteiger partial charge in [0.05, 0.1) is 24.4 Å². The van der Waals surface area contributed by atoms with Gasteiger partial charge in [0.1, 0.15) is 0 Å². The standard InChI is InChI=1S/2C22H36O4.Ca/c2*1-3-4-5-9-17(23)11-12-18-19-13-16(8-6-7-10-21(25)26)14-22(19,2)15-20(18)24;/h2*8,11-12,17-20,23-24H,3-7,9-10,13-15H2,1-2H3,(H,25,26);/q;;+2/p-2/b2*12-11+,16-8-;/t2*17-,18+,19+,20+,22-;/m11./s1. The molecule has 10 atom stereocenters. The summed E-state index contributed by atoms with van der Waals surface area (Å²) >= 11 is 0. The Balaban J connectivity index is 0.000000360. The number of carbonyl (C=O) groups is 2. The van der Waals surface area contributed by atoms with Gasteiger partial charge in [-0.15, -0.1) is 0 Å². The molecule has 0 aromatic heterocycles. The molecule has 0 aliphatic heterocycles. The Bertz CT molecular complexity index is 1150. The van der Waals surface area contributed by atoms with Gasteiger partial charge < -0.3 is 40.2 Å². The first-order valence-corrected chi connectivity index (χ1v) is 20.6. The number of carbonyl (C=O) groups excluding carboxylic acids is 2. The largest absolute Gasteiger partial charge is 2.00 e. The van der Waals surface area contributed by atoms with Crippen molar-refractivity contribution in [2.75, 3.05) is 0 Å². The van der Waals surface area contributed by atoms with Gasteiger partial charge in [0.25, 0.3) is 0 Å². The van der Waals surface area contributed by atoms with E-state index in [1.165, 1.54) is 11.1 Å². The maximum Gasteiger partial charge on any atom is 2.00 e. The van der Waals surface area contributed by atoms with Crippen molar-refractivity contribution < 1.29 is 40.2 Å². The monoisotopic (exact) mass is 766 g/mol. The summed E-state index contributed by atoms with van der Waals surface area (Å²) < 4.78 is 0. The van der Waals surface area contributed by atoms with E-state index in [0.29, 0.717) is 24.7 Å². The molecule has 0 bridgehead atoms. The van der Waals surface area contributed by atoms with Crippen molar-refractivity contribution in [3.63, 3.8) is 0 Å². The van der Waals surface area contributed by atoms with Gasteiger partial charge in [0.2, 0.25) is 0 Å². The van der Waals surface area contributed by atoms with E-state index in [1.807, 2.05) is 12.2 Å². The second kappa shape index (κ2) is 23.9.